The van der Waals surface area contributed by atoms with Crippen molar-refractivity contribution in [3.05, 3.63) is 65.1 Å². The molecule has 5 rings (SSSR count). The highest BCUT2D eigenvalue weighted by Crippen LogP contribution is 2.34. The molecule has 0 atom stereocenters. The molecule has 4 amide bonds. The summed E-state index contributed by atoms with van der Waals surface area (Å²) in [7, 11) is 0. The number of para-hydroxylation sites is 1. The van der Waals surface area contributed by atoms with Crippen LogP contribution in [0.25, 0.3) is 17.0 Å². The Morgan fingerprint density at radius 3 is 2.64 bits per heavy atom. The van der Waals surface area contributed by atoms with Crippen molar-refractivity contribution < 1.29 is 28.3 Å². The van der Waals surface area contributed by atoms with E-state index in [1.165, 1.54) is 0 Å². The van der Waals surface area contributed by atoms with Gasteiger partial charge in [-0.2, -0.15) is 0 Å². The molecule has 2 saturated heterocycles. The van der Waals surface area contributed by atoms with Crippen LogP contribution < -0.4 is 5.32 Å². The number of hydrogen-bond donors (Lipinski definition) is 1. The zero-order valence-electron chi connectivity index (χ0n) is 19.3. The third-order valence-corrected chi connectivity index (χ3v) is 6.90. The maximum Gasteiger partial charge on any atom is 0.294 e. The molecule has 0 bridgehead atoms. The second kappa shape index (κ2) is 10.4. The van der Waals surface area contributed by atoms with Crippen LogP contribution in [0.4, 0.5) is 4.79 Å². The maximum atomic E-state index is 13.0. The van der Waals surface area contributed by atoms with Crippen molar-refractivity contribution in [1.82, 2.24) is 19.7 Å². The second-order valence-corrected chi connectivity index (χ2v) is 9.34. The Morgan fingerprint density at radius 1 is 1.06 bits per heavy atom. The summed E-state index contributed by atoms with van der Waals surface area (Å²) >= 11 is 0.808. The highest BCUT2D eigenvalue weighted by molar-refractivity contribution is 8.18. The number of furan rings is 1. The van der Waals surface area contributed by atoms with Crippen LogP contribution in [0.3, 0.4) is 0 Å². The minimum absolute atomic E-state index is 0.0740. The van der Waals surface area contributed by atoms with Crippen molar-refractivity contribution in [2.45, 2.75) is 13.1 Å². The van der Waals surface area contributed by atoms with Crippen molar-refractivity contribution in [2.24, 2.45) is 0 Å². The van der Waals surface area contributed by atoms with Gasteiger partial charge in [0.15, 0.2) is 0 Å². The Labute approximate surface area is 210 Å². The summed E-state index contributed by atoms with van der Waals surface area (Å²) in [6, 6.07) is 11.1. The Hall–Kier alpha value is -3.83. The van der Waals surface area contributed by atoms with Gasteiger partial charge in [0.25, 0.3) is 11.1 Å². The average molecular weight is 509 g/mol. The predicted octanol–water partition coefficient (Wildman–Crippen LogP) is 2.45. The van der Waals surface area contributed by atoms with Crippen LogP contribution in [0.15, 0.2) is 58.2 Å². The summed E-state index contributed by atoms with van der Waals surface area (Å²) in [4.78, 5) is 53.5. The molecule has 4 heterocycles. The number of benzene rings is 1. The number of morpholine rings is 1. The van der Waals surface area contributed by atoms with E-state index >= 15 is 0 Å². The van der Waals surface area contributed by atoms with E-state index in [-0.39, 0.29) is 36.4 Å². The molecular formula is C25H24N4O6S. The molecular weight excluding hydrogens is 484 g/mol. The molecule has 1 N–H and O–H groups in total. The van der Waals surface area contributed by atoms with Gasteiger partial charge in [0.05, 0.1) is 30.9 Å². The monoisotopic (exact) mass is 508 g/mol. The van der Waals surface area contributed by atoms with Crippen LogP contribution in [0.2, 0.25) is 0 Å². The molecule has 10 nitrogen and oxygen atoms in total. The van der Waals surface area contributed by atoms with Crippen molar-refractivity contribution in [3.8, 4) is 0 Å². The van der Waals surface area contributed by atoms with Gasteiger partial charge in [-0.1, -0.05) is 18.2 Å². The first-order chi connectivity index (χ1) is 17.5. The number of amides is 4. The largest absolute Gasteiger partial charge is 0.467 e. The number of nitrogens with one attached hydrogen (secondary N) is 1. The topological polar surface area (TPSA) is 114 Å². The van der Waals surface area contributed by atoms with Gasteiger partial charge in [-0.05, 0) is 36.0 Å². The molecule has 2 aliphatic heterocycles. The normalized spacial score (nSPS) is 17.4. The number of carbonyl (C=O) groups is 4. The average Bonchev–Trinajstić information content (AvgIpc) is 3.60. The lowest BCUT2D eigenvalue weighted by Crippen LogP contribution is -2.46. The SMILES string of the molecule is O=C(Cn1cc(/C=C2\SC(=O)N(CC(=O)N3CCOCC3)C2=O)c2ccccc21)NCc1ccco1. The van der Waals surface area contributed by atoms with Crippen molar-refractivity contribution in [1.29, 1.82) is 0 Å². The summed E-state index contributed by atoms with van der Waals surface area (Å²) in [5.41, 5.74) is 1.52. The van der Waals surface area contributed by atoms with E-state index in [0.717, 1.165) is 27.6 Å². The number of imide groups is 1. The van der Waals surface area contributed by atoms with Crippen molar-refractivity contribution in [2.75, 3.05) is 32.8 Å². The maximum absolute atomic E-state index is 13.0. The molecule has 0 unspecified atom stereocenters. The fraction of sp³-hybridized carbons (Fsp3) is 0.280. The Balaban J connectivity index is 1.32. The lowest BCUT2D eigenvalue weighted by Gasteiger charge is -2.28. The fourth-order valence-electron chi connectivity index (χ4n) is 4.16. The van der Waals surface area contributed by atoms with Crippen LogP contribution in [-0.4, -0.2) is 70.2 Å². The van der Waals surface area contributed by atoms with Gasteiger partial charge in [0, 0.05) is 35.8 Å². The zero-order chi connectivity index (χ0) is 25.1. The van der Waals surface area contributed by atoms with Crippen molar-refractivity contribution in [3.63, 3.8) is 0 Å². The van der Waals surface area contributed by atoms with E-state index in [2.05, 4.69) is 5.32 Å². The second-order valence-electron chi connectivity index (χ2n) is 8.35. The highest BCUT2D eigenvalue weighted by Gasteiger charge is 2.37. The van der Waals surface area contributed by atoms with Crippen LogP contribution in [-0.2, 0) is 32.2 Å². The Bertz CT molecular complexity index is 1340. The Kier molecular flexibility index (Phi) is 6.92. The molecule has 2 aromatic heterocycles. The first-order valence-corrected chi connectivity index (χ1v) is 12.3. The molecule has 0 aliphatic carbocycles. The lowest BCUT2D eigenvalue weighted by molar-refractivity contribution is -0.139. The minimum Gasteiger partial charge on any atom is -0.467 e. The fourth-order valence-corrected chi connectivity index (χ4v) is 4.99. The number of fused-ring (bicyclic) bond motifs is 1. The van der Waals surface area contributed by atoms with Gasteiger partial charge in [0.1, 0.15) is 18.8 Å². The third kappa shape index (κ3) is 5.07. The zero-order valence-corrected chi connectivity index (χ0v) is 20.2. The van der Waals surface area contributed by atoms with E-state index in [1.807, 2.05) is 24.3 Å². The first kappa shape index (κ1) is 23.9. The standard InChI is InChI=1S/C25H24N4O6S/c30-22(26-13-18-4-3-9-35-18)15-28-14-17(19-5-1-2-6-20(19)28)12-21-24(32)29(25(33)36-21)16-23(31)27-7-10-34-11-8-27/h1-6,9,12,14H,7-8,10-11,13,15-16H2,(H,26,30)/b21-12-. The molecule has 186 valence electrons. The summed E-state index contributed by atoms with van der Waals surface area (Å²) in [5, 5.41) is 3.18. The van der Waals surface area contributed by atoms with E-state index in [0.29, 0.717) is 37.6 Å². The van der Waals surface area contributed by atoms with E-state index in [1.54, 1.807) is 40.1 Å². The molecule has 0 spiro atoms. The van der Waals surface area contributed by atoms with Gasteiger partial charge in [-0.15, -0.1) is 0 Å². The molecule has 0 saturated carbocycles. The summed E-state index contributed by atoms with van der Waals surface area (Å²) in [5.74, 6) is -0.316. The molecule has 0 radical (unpaired) electrons. The number of thioether (sulfide) groups is 1. The lowest BCUT2D eigenvalue weighted by atomic mass is 10.1. The van der Waals surface area contributed by atoms with Gasteiger partial charge in [0.2, 0.25) is 11.8 Å². The summed E-state index contributed by atoms with van der Waals surface area (Å²) in [6.45, 7) is 1.84. The minimum atomic E-state index is -0.500. The molecule has 2 aliphatic rings. The van der Waals surface area contributed by atoms with Crippen LogP contribution in [0.5, 0.6) is 0 Å². The molecule has 1 aromatic carbocycles. The number of hydrogen-bond acceptors (Lipinski definition) is 7. The predicted molar refractivity (Wildman–Crippen MR) is 133 cm³/mol. The number of carbonyl (C=O) groups excluding carboxylic acids is 4. The van der Waals surface area contributed by atoms with Crippen LogP contribution >= 0.6 is 11.8 Å². The Morgan fingerprint density at radius 2 is 1.86 bits per heavy atom. The summed E-state index contributed by atoms with van der Waals surface area (Å²) in [6.07, 6.45) is 4.97. The first-order valence-electron chi connectivity index (χ1n) is 11.5. The molecule has 2 fully saturated rings. The molecule has 36 heavy (non-hydrogen) atoms. The molecule has 3 aromatic rings. The van der Waals surface area contributed by atoms with E-state index in [9.17, 15) is 19.2 Å². The smallest absolute Gasteiger partial charge is 0.294 e. The number of rotatable bonds is 7. The molecule has 11 heteroatoms. The number of aromatic nitrogens is 1. The van der Waals surface area contributed by atoms with E-state index < -0.39 is 11.1 Å². The van der Waals surface area contributed by atoms with Gasteiger partial charge < -0.3 is 23.9 Å². The quantitative estimate of drug-likeness (QED) is 0.488. The number of nitrogens with zero attached hydrogens (tertiary/aromatic N) is 3. The third-order valence-electron chi connectivity index (χ3n) is 5.99. The van der Waals surface area contributed by atoms with Crippen molar-refractivity contribution >= 4 is 51.7 Å². The van der Waals surface area contributed by atoms with Crippen LogP contribution in [0, 0.1) is 0 Å². The van der Waals surface area contributed by atoms with Gasteiger partial charge >= 0.3 is 0 Å². The summed E-state index contributed by atoms with van der Waals surface area (Å²) < 4.78 is 12.3. The number of ether oxygens (including phenoxy) is 1. The van der Waals surface area contributed by atoms with E-state index in [4.69, 9.17) is 9.15 Å². The van der Waals surface area contributed by atoms with Crippen LogP contribution in [0.1, 0.15) is 11.3 Å². The van der Waals surface area contributed by atoms with Gasteiger partial charge in [-0.25, -0.2) is 0 Å². The van der Waals surface area contributed by atoms with Gasteiger partial charge in [-0.3, -0.25) is 24.1 Å². The highest BCUT2D eigenvalue weighted by atomic mass is 32.2.